The Morgan fingerprint density at radius 2 is 1.96 bits per heavy atom. The Morgan fingerprint density at radius 3 is 2.85 bits per heavy atom. The smallest absolute Gasteiger partial charge is 0.133 e. The predicted octanol–water partition coefficient (Wildman–Crippen LogP) is 3.91. The molecule has 134 valence electrons. The van der Waals surface area contributed by atoms with E-state index in [4.69, 9.17) is 0 Å². The van der Waals surface area contributed by atoms with Gasteiger partial charge in [-0.1, -0.05) is 42.5 Å². The highest BCUT2D eigenvalue weighted by atomic mass is 15.3. The molecule has 1 aromatic heterocycles. The highest BCUT2D eigenvalue weighted by molar-refractivity contribution is 5.67. The summed E-state index contributed by atoms with van der Waals surface area (Å²) in [5.74, 6) is 2.83. The first-order valence-corrected chi connectivity index (χ1v) is 9.45. The molecule has 4 nitrogen and oxygen atoms in total. The molecule has 0 fully saturated rings. The van der Waals surface area contributed by atoms with Gasteiger partial charge >= 0.3 is 0 Å². The zero-order valence-electron chi connectivity index (χ0n) is 15.6. The minimum Gasteiger partial charge on any atom is -0.315 e. The summed E-state index contributed by atoms with van der Waals surface area (Å²) in [6.07, 6.45) is 2.23. The van der Waals surface area contributed by atoms with Crippen molar-refractivity contribution in [2.75, 3.05) is 6.54 Å². The van der Waals surface area contributed by atoms with Gasteiger partial charge in [0.2, 0.25) is 0 Å². The van der Waals surface area contributed by atoms with Crippen LogP contribution in [-0.4, -0.2) is 21.3 Å². The van der Waals surface area contributed by atoms with Gasteiger partial charge in [-0.05, 0) is 61.1 Å². The van der Waals surface area contributed by atoms with Crippen molar-refractivity contribution in [3.8, 4) is 11.1 Å². The number of nitrogens with one attached hydrogen (secondary N) is 1. The van der Waals surface area contributed by atoms with Crippen molar-refractivity contribution in [1.82, 2.24) is 20.1 Å². The third kappa shape index (κ3) is 3.56. The van der Waals surface area contributed by atoms with Crippen molar-refractivity contribution in [3.63, 3.8) is 0 Å². The quantitative estimate of drug-likeness (QED) is 0.761. The van der Waals surface area contributed by atoms with E-state index in [2.05, 4.69) is 75.5 Å². The largest absolute Gasteiger partial charge is 0.315 e. The van der Waals surface area contributed by atoms with Crippen LogP contribution in [0.3, 0.4) is 0 Å². The molecule has 4 rings (SSSR count). The lowest BCUT2D eigenvalue weighted by Gasteiger charge is -2.24. The zero-order chi connectivity index (χ0) is 17.9. The molecule has 1 aliphatic rings. The molecule has 26 heavy (non-hydrogen) atoms. The molecule has 2 heterocycles. The van der Waals surface area contributed by atoms with Crippen molar-refractivity contribution in [2.24, 2.45) is 5.92 Å². The summed E-state index contributed by atoms with van der Waals surface area (Å²) >= 11 is 0. The van der Waals surface area contributed by atoms with Crippen molar-refractivity contribution in [3.05, 3.63) is 71.3 Å². The molecule has 0 saturated heterocycles. The molecule has 1 aliphatic heterocycles. The van der Waals surface area contributed by atoms with Crippen LogP contribution in [-0.2, 0) is 19.5 Å². The number of benzene rings is 2. The minimum atomic E-state index is 0.650. The van der Waals surface area contributed by atoms with Crippen LogP contribution in [0.4, 0.5) is 0 Å². The van der Waals surface area contributed by atoms with Crippen molar-refractivity contribution in [2.45, 2.75) is 39.8 Å². The molecule has 2 aromatic carbocycles. The molecule has 1 atom stereocenters. The molecule has 0 aliphatic carbocycles. The first-order valence-electron chi connectivity index (χ1n) is 9.45. The zero-order valence-corrected chi connectivity index (χ0v) is 15.6. The van der Waals surface area contributed by atoms with Crippen molar-refractivity contribution < 1.29 is 0 Å². The summed E-state index contributed by atoms with van der Waals surface area (Å²) in [5.41, 5.74) is 5.27. The van der Waals surface area contributed by atoms with Gasteiger partial charge in [0.25, 0.3) is 0 Å². The van der Waals surface area contributed by atoms with E-state index < -0.39 is 0 Å². The van der Waals surface area contributed by atoms with Crippen LogP contribution in [0.2, 0.25) is 0 Å². The molecular formula is C22H26N4. The molecule has 0 amide bonds. The lowest BCUT2D eigenvalue weighted by atomic mass is 9.98. The average molecular weight is 346 g/mol. The first kappa shape index (κ1) is 17.0. The predicted molar refractivity (Wildman–Crippen MR) is 105 cm³/mol. The van der Waals surface area contributed by atoms with Crippen LogP contribution in [0.1, 0.15) is 29.2 Å². The highest BCUT2D eigenvalue weighted by Gasteiger charge is 2.21. The fourth-order valence-corrected chi connectivity index (χ4v) is 3.86. The SMILES string of the molecule is Cc1ccccc1-c1cccc(CNC[C@@H]2CCc3nnc(C)n3C2)c1. The van der Waals surface area contributed by atoms with Gasteiger partial charge in [-0.3, -0.25) is 0 Å². The van der Waals surface area contributed by atoms with Crippen LogP contribution in [0, 0.1) is 19.8 Å². The van der Waals surface area contributed by atoms with Gasteiger partial charge in [0.15, 0.2) is 0 Å². The van der Waals surface area contributed by atoms with Gasteiger partial charge in [0, 0.05) is 19.5 Å². The summed E-state index contributed by atoms with van der Waals surface area (Å²) in [4.78, 5) is 0. The second-order valence-corrected chi connectivity index (χ2v) is 7.32. The third-order valence-electron chi connectivity index (χ3n) is 5.37. The topological polar surface area (TPSA) is 42.7 Å². The number of rotatable bonds is 5. The van der Waals surface area contributed by atoms with Crippen LogP contribution in [0.25, 0.3) is 11.1 Å². The molecule has 0 bridgehead atoms. The van der Waals surface area contributed by atoms with E-state index in [0.717, 1.165) is 37.7 Å². The lowest BCUT2D eigenvalue weighted by molar-refractivity contribution is 0.344. The number of fused-ring (bicyclic) bond motifs is 1. The van der Waals surface area contributed by atoms with Gasteiger partial charge in [-0.25, -0.2) is 0 Å². The van der Waals surface area contributed by atoms with E-state index >= 15 is 0 Å². The lowest BCUT2D eigenvalue weighted by Crippen LogP contribution is -2.30. The van der Waals surface area contributed by atoms with Gasteiger partial charge < -0.3 is 9.88 Å². The van der Waals surface area contributed by atoms with Crippen molar-refractivity contribution >= 4 is 0 Å². The molecule has 0 spiro atoms. The van der Waals surface area contributed by atoms with E-state index in [-0.39, 0.29) is 0 Å². The Hall–Kier alpha value is -2.46. The van der Waals surface area contributed by atoms with Crippen LogP contribution in [0.15, 0.2) is 48.5 Å². The molecule has 0 radical (unpaired) electrons. The number of aryl methyl sites for hydroxylation is 3. The van der Waals surface area contributed by atoms with Gasteiger partial charge in [-0.15, -0.1) is 10.2 Å². The second kappa shape index (κ2) is 7.42. The van der Waals surface area contributed by atoms with Crippen LogP contribution >= 0.6 is 0 Å². The van der Waals surface area contributed by atoms with Gasteiger partial charge in [0.1, 0.15) is 11.6 Å². The minimum absolute atomic E-state index is 0.650. The third-order valence-corrected chi connectivity index (χ3v) is 5.37. The molecule has 0 saturated carbocycles. The van der Waals surface area contributed by atoms with E-state index in [1.54, 1.807) is 0 Å². The second-order valence-electron chi connectivity index (χ2n) is 7.32. The standard InChI is InChI=1S/C22H26N4/c1-16-6-3-4-9-21(16)20-8-5-7-18(12-20)13-23-14-19-10-11-22-25-24-17(2)26(22)15-19/h3-9,12,19,23H,10-11,13-15H2,1-2H3/t19-/m0/s1. The molecule has 0 unspecified atom stereocenters. The number of hydrogen-bond acceptors (Lipinski definition) is 3. The Balaban J connectivity index is 1.37. The van der Waals surface area contributed by atoms with Crippen LogP contribution in [0.5, 0.6) is 0 Å². The van der Waals surface area contributed by atoms with Gasteiger partial charge in [-0.2, -0.15) is 0 Å². The summed E-state index contributed by atoms with van der Waals surface area (Å²) in [6.45, 7) is 7.19. The van der Waals surface area contributed by atoms with E-state index in [0.29, 0.717) is 5.92 Å². The summed E-state index contributed by atoms with van der Waals surface area (Å²) < 4.78 is 2.27. The fourth-order valence-electron chi connectivity index (χ4n) is 3.86. The number of aromatic nitrogens is 3. The van der Waals surface area contributed by atoms with Gasteiger partial charge in [0.05, 0.1) is 0 Å². The monoisotopic (exact) mass is 346 g/mol. The maximum absolute atomic E-state index is 4.26. The first-order chi connectivity index (χ1) is 12.7. The fraction of sp³-hybridized carbons (Fsp3) is 0.364. The van der Waals surface area contributed by atoms with E-state index in [1.165, 1.54) is 28.7 Å². The summed E-state index contributed by atoms with van der Waals surface area (Å²) in [7, 11) is 0. The van der Waals surface area contributed by atoms with Crippen LogP contribution < -0.4 is 5.32 Å². The Morgan fingerprint density at radius 1 is 1.08 bits per heavy atom. The molecule has 1 N–H and O–H groups in total. The normalized spacial score (nSPS) is 16.5. The van der Waals surface area contributed by atoms with E-state index in [9.17, 15) is 0 Å². The summed E-state index contributed by atoms with van der Waals surface area (Å²) in [5, 5.41) is 12.1. The highest BCUT2D eigenvalue weighted by Crippen LogP contribution is 2.24. The maximum Gasteiger partial charge on any atom is 0.133 e. The van der Waals surface area contributed by atoms with Crippen molar-refractivity contribution in [1.29, 1.82) is 0 Å². The Bertz CT molecular complexity index is 897. The summed E-state index contributed by atoms with van der Waals surface area (Å²) in [6, 6.07) is 17.4. The van der Waals surface area contributed by atoms with E-state index in [1.807, 2.05) is 6.92 Å². The number of nitrogens with zero attached hydrogens (tertiary/aromatic N) is 3. The number of hydrogen-bond donors (Lipinski definition) is 1. The average Bonchev–Trinajstić information content (AvgIpc) is 3.03. The Labute approximate surface area is 155 Å². The molecular weight excluding hydrogens is 320 g/mol. The Kier molecular flexibility index (Phi) is 4.85. The molecule has 4 heteroatoms. The molecule has 3 aromatic rings. The maximum atomic E-state index is 4.26.